The van der Waals surface area contributed by atoms with Crippen molar-refractivity contribution in [3.05, 3.63) is 153 Å². The van der Waals surface area contributed by atoms with Gasteiger partial charge in [0, 0.05) is 31.2 Å². The molecule has 0 radical (unpaired) electrons. The van der Waals surface area contributed by atoms with Gasteiger partial charge in [0.05, 0.1) is 31.3 Å². The second kappa shape index (κ2) is 14.0. The van der Waals surface area contributed by atoms with Crippen LogP contribution in [0.15, 0.2) is 140 Å². The third-order valence-electron chi connectivity index (χ3n) is 6.44. The lowest BCUT2D eigenvalue weighted by Crippen LogP contribution is -2.16. The minimum Gasteiger partial charge on any atom is -0.497 e. The summed E-state index contributed by atoms with van der Waals surface area (Å²) in [6.45, 7) is 0. The van der Waals surface area contributed by atoms with Crippen LogP contribution in [-0.4, -0.2) is 25.6 Å². The highest BCUT2D eigenvalue weighted by Gasteiger charge is 2.20. The van der Waals surface area contributed by atoms with Gasteiger partial charge in [0.15, 0.2) is 0 Å². The number of ether oxygens (including phenoxy) is 2. The second-order valence-corrected chi connectivity index (χ2v) is 11.0. The van der Waals surface area contributed by atoms with Gasteiger partial charge in [-0.3, -0.25) is 10.9 Å². The number of nitrogens with one attached hydrogen (secondary N) is 2. The molecule has 0 bridgehead atoms. The van der Waals surface area contributed by atoms with Crippen LogP contribution in [0.2, 0.25) is 0 Å². The molecule has 8 heteroatoms. The lowest BCUT2D eigenvalue weighted by atomic mass is 9.92. The monoisotopic (exact) mass is 682 g/mol. The molecule has 42 heavy (non-hydrogen) atoms. The summed E-state index contributed by atoms with van der Waals surface area (Å²) in [5, 5.41) is 9.86. The van der Waals surface area contributed by atoms with Crippen LogP contribution in [0.5, 0.6) is 11.5 Å². The van der Waals surface area contributed by atoms with Gasteiger partial charge in [-0.05, 0) is 84.9 Å². The molecule has 5 rings (SSSR count). The minimum absolute atomic E-state index is 0.704. The number of para-hydroxylation sites is 1. The maximum Gasteiger partial charge on any atom is 0.128 e. The van der Waals surface area contributed by atoms with Crippen molar-refractivity contribution in [1.29, 1.82) is 0 Å². The Morgan fingerprint density at radius 1 is 0.524 bits per heavy atom. The summed E-state index contributed by atoms with van der Waals surface area (Å²) in [5.41, 5.74) is 13.1. The lowest BCUT2D eigenvalue weighted by molar-refractivity contribution is 0.414. The van der Waals surface area contributed by atoms with Crippen LogP contribution in [0, 0.1) is 0 Å². The average molecular weight is 684 g/mol. The molecular weight excluding hydrogens is 656 g/mol. The first kappa shape index (κ1) is 29.1. The number of rotatable bonds is 10. The number of nitrogens with zero attached hydrogens (tertiary/aromatic N) is 2. The Hall–Kier alpha value is -4.40. The molecule has 0 aliphatic rings. The Balaban J connectivity index is 1.67. The molecular formula is C34H28Br2N4O2. The molecule has 5 aromatic carbocycles. The van der Waals surface area contributed by atoms with E-state index in [-0.39, 0.29) is 0 Å². The Kier molecular flexibility index (Phi) is 9.69. The van der Waals surface area contributed by atoms with Crippen LogP contribution in [0.3, 0.4) is 0 Å². The molecule has 210 valence electrons. The van der Waals surface area contributed by atoms with E-state index in [4.69, 9.17) is 19.7 Å². The molecule has 0 unspecified atom stereocenters. The molecule has 0 saturated carbocycles. The Bertz CT molecular complexity index is 1700. The lowest BCUT2D eigenvalue weighted by Gasteiger charge is -2.17. The van der Waals surface area contributed by atoms with Gasteiger partial charge >= 0.3 is 0 Å². The molecule has 5 aromatic rings. The number of halogens is 2. The van der Waals surface area contributed by atoms with Gasteiger partial charge in [-0.15, -0.1) is 0 Å². The average Bonchev–Trinajstić information content (AvgIpc) is 3.04. The van der Waals surface area contributed by atoms with E-state index in [1.165, 1.54) is 0 Å². The van der Waals surface area contributed by atoms with Gasteiger partial charge in [-0.25, -0.2) is 0 Å². The standard InChI is InChI=1S/C34H28Br2N4O2/c1-41-28-21-11-23(12-22-28)33(39-37-26-17-13-24(35)14-18-26)29-7-3-4-8-30(29)34(31-9-5-6-10-32(31)42-2)40-38-27-19-15-25(36)16-20-27/h3-22,37-38H,1-2H3. The molecule has 0 aromatic heterocycles. The number of anilines is 2. The molecule has 0 heterocycles. The summed E-state index contributed by atoms with van der Waals surface area (Å²) in [6.07, 6.45) is 0. The summed E-state index contributed by atoms with van der Waals surface area (Å²) in [5.74, 6) is 1.47. The van der Waals surface area contributed by atoms with Crippen LogP contribution < -0.4 is 20.3 Å². The summed E-state index contributed by atoms with van der Waals surface area (Å²) in [4.78, 5) is 0. The normalized spacial score (nSPS) is 11.6. The highest BCUT2D eigenvalue weighted by molar-refractivity contribution is 9.10. The predicted octanol–water partition coefficient (Wildman–Crippen LogP) is 8.96. The van der Waals surface area contributed by atoms with E-state index in [0.717, 1.165) is 54.0 Å². The zero-order valence-electron chi connectivity index (χ0n) is 23.0. The predicted molar refractivity (Wildman–Crippen MR) is 179 cm³/mol. The molecule has 6 nitrogen and oxygen atoms in total. The van der Waals surface area contributed by atoms with Gasteiger partial charge in [0.2, 0.25) is 0 Å². The third kappa shape index (κ3) is 7.08. The topological polar surface area (TPSA) is 67.2 Å². The SMILES string of the molecule is COc1ccc(C(=NNc2ccc(Br)cc2)c2ccccc2C(=NNc2ccc(Br)cc2)c2ccccc2OC)cc1. The van der Waals surface area contributed by atoms with Crippen LogP contribution in [0.25, 0.3) is 0 Å². The van der Waals surface area contributed by atoms with Crippen molar-refractivity contribution in [1.82, 2.24) is 0 Å². The van der Waals surface area contributed by atoms with Crippen molar-refractivity contribution in [2.75, 3.05) is 25.1 Å². The first-order valence-corrected chi connectivity index (χ1v) is 14.7. The van der Waals surface area contributed by atoms with Crippen LogP contribution >= 0.6 is 31.9 Å². The van der Waals surface area contributed by atoms with Gasteiger partial charge in [0.1, 0.15) is 17.2 Å². The molecule has 0 aliphatic heterocycles. The number of hydrogen-bond donors (Lipinski definition) is 2. The van der Waals surface area contributed by atoms with Crippen molar-refractivity contribution in [3.8, 4) is 11.5 Å². The molecule has 0 atom stereocenters. The Morgan fingerprint density at radius 2 is 1.00 bits per heavy atom. The van der Waals surface area contributed by atoms with E-state index in [1.807, 2.05) is 121 Å². The summed E-state index contributed by atoms with van der Waals surface area (Å²) in [6, 6.07) is 39.5. The molecule has 0 spiro atoms. The van der Waals surface area contributed by atoms with E-state index >= 15 is 0 Å². The minimum atomic E-state index is 0.704. The van der Waals surface area contributed by atoms with Gasteiger partial charge in [0.25, 0.3) is 0 Å². The maximum atomic E-state index is 5.77. The quantitative estimate of drug-likeness (QED) is 0.114. The summed E-state index contributed by atoms with van der Waals surface area (Å²) in [7, 11) is 3.32. The zero-order valence-corrected chi connectivity index (χ0v) is 26.2. The van der Waals surface area contributed by atoms with Crippen molar-refractivity contribution in [2.24, 2.45) is 10.2 Å². The zero-order chi connectivity index (χ0) is 29.3. The molecule has 0 amide bonds. The number of benzene rings is 5. The first-order chi connectivity index (χ1) is 20.6. The van der Waals surface area contributed by atoms with Crippen molar-refractivity contribution < 1.29 is 9.47 Å². The smallest absolute Gasteiger partial charge is 0.128 e. The van der Waals surface area contributed by atoms with Gasteiger partial charge in [-0.1, -0.05) is 68.3 Å². The first-order valence-electron chi connectivity index (χ1n) is 13.1. The van der Waals surface area contributed by atoms with E-state index in [2.05, 4.69) is 42.7 Å². The van der Waals surface area contributed by atoms with Gasteiger partial charge in [-0.2, -0.15) is 10.2 Å². The van der Waals surface area contributed by atoms with Crippen molar-refractivity contribution >= 4 is 54.7 Å². The Morgan fingerprint density at radius 3 is 1.52 bits per heavy atom. The van der Waals surface area contributed by atoms with Crippen LogP contribution in [0.1, 0.15) is 22.3 Å². The second-order valence-electron chi connectivity index (χ2n) is 9.13. The fourth-order valence-corrected chi connectivity index (χ4v) is 4.85. The largest absolute Gasteiger partial charge is 0.497 e. The molecule has 2 N–H and O–H groups in total. The fourth-order valence-electron chi connectivity index (χ4n) is 4.32. The van der Waals surface area contributed by atoms with E-state index < -0.39 is 0 Å². The van der Waals surface area contributed by atoms with Crippen molar-refractivity contribution in [3.63, 3.8) is 0 Å². The Labute approximate surface area is 262 Å². The van der Waals surface area contributed by atoms with Gasteiger partial charge < -0.3 is 9.47 Å². The highest BCUT2D eigenvalue weighted by Crippen LogP contribution is 2.27. The summed E-state index contributed by atoms with van der Waals surface area (Å²) >= 11 is 7.00. The maximum absolute atomic E-state index is 5.77. The van der Waals surface area contributed by atoms with Crippen LogP contribution in [-0.2, 0) is 0 Å². The molecule has 0 aliphatic carbocycles. The number of hydrazone groups is 2. The highest BCUT2D eigenvalue weighted by atomic mass is 79.9. The molecule has 0 fully saturated rings. The van der Waals surface area contributed by atoms with Crippen LogP contribution in [0.4, 0.5) is 11.4 Å². The van der Waals surface area contributed by atoms with E-state index in [1.54, 1.807) is 14.2 Å². The van der Waals surface area contributed by atoms with E-state index in [9.17, 15) is 0 Å². The van der Waals surface area contributed by atoms with Crippen molar-refractivity contribution in [2.45, 2.75) is 0 Å². The third-order valence-corrected chi connectivity index (χ3v) is 7.50. The number of methoxy groups -OCH3 is 2. The fraction of sp³-hybridized carbons (Fsp3) is 0.0588. The van der Waals surface area contributed by atoms with E-state index in [0.29, 0.717) is 11.5 Å². The number of hydrogen-bond acceptors (Lipinski definition) is 6. The molecule has 0 saturated heterocycles. The summed E-state index contributed by atoms with van der Waals surface area (Å²) < 4.78 is 13.2.